The minimum absolute atomic E-state index is 0.0496. The van der Waals surface area contributed by atoms with Crippen molar-refractivity contribution in [2.24, 2.45) is 4.99 Å². The third kappa shape index (κ3) is 3.31. The van der Waals surface area contributed by atoms with Crippen molar-refractivity contribution in [2.45, 2.75) is 37.8 Å². The fourth-order valence-corrected chi connectivity index (χ4v) is 3.75. The minimum Gasteiger partial charge on any atom is -0.354 e. The van der Waals surface area contributed by atoms with Gasteiger partial charge in [0, 0.05) is 44.4 Å². The summed E-state index contributed by atoms with van der Waals surface area (Å²) in [6.45, 7) is 4.80. The van der Waals surface area contributed by atoms with Crippen LogP contribution < -0.4 is 15.5 Å². The minimum atomic E-state index is -1.23. The van der Waals surface area contributed by atoms with Crippen LogP contribution in [0.2, 0.25) is 0 Å². The molecular weight excluding hydrogens is 328 g/mol. The van der Waals surface area contributed by atoms with E-state index in [4.69, 9.17) is 4.99 Å². The van der Waals surface area contributed by atoms with Gasteiger partial charge in [0.2, 0.25) is 0 Å². The van der Waals surface area contributed by atoms with Crippen LogP contribution >= 0.6 is 0 Å². The molecule has 0 spiro atoms. The molecule has 2 atom stereocenters. The van der Waals surface area contributed by atoms with E-state index in [1.807, 2.05) is 43.1 Å². The first-order chi connectivity index (χ1) is 12.6. The third-order valence-corrected chi connectivity index (χ3v) is 5.44. The van der Waals surface area contributed by atoms with Crippen LogP contribution in [0.15, 0.2) is 29.3 Å². The number of carbonyl (C=O) groups is 2. The number of benzodiazepines with no additional fused rings is 1. The zero-order valence-electron chi connectivity index (χ0n) is 15.6. The second-order valence-corrected chi connectivity index (χ2v) is 7.06. The van der Waals surface area contributed by atoms with Crippen LogP contribution in [0, 0.1) is 0 Å². The number of aldehydes is 1. The summed E-state index contributed by atoms with van der Waals surface area (Å²) in [5, 5.41) is 6.88. The van der Waals surface area contributed by atoms with Crippen LogP contribution in [-0.4, -0.2) is 62.6 Å². The van der Waals surface area contributed by atoms with Crippen LogP contribution in [0.5, 0.6) is 0 Å². The van der Waals surface area contributed by atoms with Crippen LogP contribution in [0.4, 0.5) is 5.69 Å². The lowest BCUT2D eigenvalue weighted by atomic mass is 9.90. The summed E-state index contributed by atoms with van der Waals surface area (Å²) in [6.07, 6.45) is 2.90. The number of rotatable bonds is 6. The first-order valence-electron chi connectivity index (χ1n) is 9.45. The number of benzene rings is 1. The molecule has 1 fully saturated rings. The Kier molecular flexibility index (Phi) is 5.84. The van der Waals surface area contributed by atoms with Gasteiger partial charge in [-0.05, 0) is 12.5 Å². The van der Waals surface area contributed by atoms with Crippen molar-refractivity contribution in [1.82, 2.24) is 10.6 Å². The predicted octanol–water partition coefficient (Wildman–Crippen LogP) is 1.18. The maximum Gasteiger partial charge on any atom is 0.174 e. The molecule has 2 N–H and O–H groups in total. The van der Waals surface area contributed by atoms with Gasteiger partial charge in [0.25, 0.3) is 0 Å². The fraction of sp³-hybridized carbons (Fsp3) is 0.550. The monoisotopic (exact) mass is 356 g/mol. The number of aliphatic imine (C=N–C) groups is 1. The highest BCUT2D eigenvalue weighted by Crippen LogP contribution is 2.32. The van der Waals surface area contributed by atoms with E-state index < -0.39 is 5.54 Å². The Morgan fingerprint density at radius 3 is 2.88 bits per heavy atom. The highest BCUT2D eigenvalue weighted by molar-refractivity contribution is 6.13. The molecule has 3 rings (SSSR count). The Morgan fingerprint density at radius 2 is 2.19 bits per heavy atom. The van der Waals surface area contributed by atoms with Crippen molar-refractivity contribution < 1.29 is 9.59 Å². The molecule has 1 aromatic carbocycles. The summed E-state index contributed by atoms with van der Waals surface area (Å²) in [4.78, 5) is 31.8. The predicted molar refractivity (Wildman–Crippen MR) is 104 cm³/mol. The van der Waals surface area contributed by atoms with Gasteiger partial charge in [-0.15, -0.1) is 0 Å². The van der Waals surface area contributed by atoms with Crippen molar-refractivity contribution >= 4 is 23.5 Å². The van der Waals surface area contributed by atoms with Gasteiger partial charge < -0.3 is 20.3 Å². The average Bonchev–Trinajstić information content (AvgIpc) is 2.82. The number of hydrogen-bond acceptors (Lipinski definition) is 6. The standard InChI is InChI=1S/C20H28N4O2/c1-3-4-9-18(26)20(14-25)13-23-19(16-12-21-10-11-22-16)15-7-5-6-8-17(15)24(20)2/h5-8,14,16,21-22H,3-4,9-13H2,1-2H3. The molecule has 2 unspecified atom stereocenters. The zero-order chi connectivity index (χ0) is 18.6. The highest BCUT2D eigenvalue weighted by Gasteiger charge is 2.44. The van der Waals surface area contributed by atoms with E-state index in [1.54, 1.807) is 0 Å². The van der Waals surface area contributed by atoms with E-state index in [2.05, 4.69) is 10.6 Å². The van der Waals surface area contributed by atoms with Gasteiger partial charge >= 0.3 is 0 Å². The number of nitrogens with one attached hydrogen (secondary N) is 2. The van der Waals surface area contributed by atoms with Gasteiger partial charge in [-0.1, -0.05) is 31.5 Å². The molecule has 0 amide bonds. The Morgan fingerprint density at radius 1 is 1.38 bits per heavy atom. The van der Waals surface area contributed by atoms with Crippen molar-refractivity contribution in [3.05, 3.63) is 29.8 Å². The Labute approximate surface area is 155 Å². The molecule has 140 valence electrons. The summed E-state index contributed by atoms with van der Waals surface area (Å²) >= 11 is 0. The molecule has 0 aromatic heterocycles. The summed E-state index contributed by atoms with van der Waals surface area (Å²) in [5.41, 5.74) is 1.57. The summed E-state index contributed by atoms with van der Waals surface area (Å²) in [6, 6.07) is 7.99. The number of fused-ring (bicyclic) bond motifs is 1. The molecular formula is C20H28N4O2. The SMILES string of the molecule is CCCCC(=O)C1(C=O)CN=C(C2CNCCN2)c2ccccc2N1C. The number of carbonyl (C=O) groups excluding carboxylic acids is 2. The van der Waals surface area contributed by atoms with Crippen LogP contribution in [-0.2, 0) is 9.59 Å². The van der Waals surface area contributed by atoms with E-state index in [1.165, 1.54) is 0 Å². The first-order valence-corrected chi connectivity index (χ1v) is 9.45. The quantitative estimate of drug-likeness (QED) is 0.592. The van der Waals surface area contributed by atoms with Crippen molar-refractivity contribution in [2.75, 3.05) is 38.1 Å². The number of nitrogens with zero attached hydrogens (tertiary/aromatic N) is 2. The number of unbranched alkanes of at least 4 members (excludes halogenated alkanes) is 1. The summed E-state index contributed by atoms with van der Waals surface area (Å²) < 4.78 is 0. The normalized spacial score (nSPS) is 25.8. The first kappa shape index (κ1) is 18.7. The van der Waals surface area contributed by atoms with Gasteiger partial charge in [0.1, 0.15) is 0 Å². The molecule has 2 aliphatic rings. The number of anilines is 1. The topological polar surface area (TPSA) is 73.8 Å². The van der Waals surface area contributed by atoms with E-state index in [9.17, 15) is 9.59 Å². The van der Waals surface area contributed by atoms with E-state index in [0.717, 1.165) is 55.7 Å². The molecule has 1 aromatic rings. The maximum absolute atomic E-state index is 13.0. The van der Waals surface area contributed by atoms with Crippen LogP contribution in [0.3, 0.4) is 0 Å². The number of ketones is 1. The second-order valence-electron chi connectivity index (χ2n) is 7.06. The average molecular weight is 356 g/mol. The van der Waals surface area contributed by atoms with Gasteiger partial charge in [0.05, 0.1) is 18.3 Å². The molecule has 6 heteroatoms. The summed E-state index contributed by atoms with van der Waals surface area (Å²) in [7, 11) is 1.84. The second kappa shape index (κ2) is 8.10. The highest BCUT2D eigenvalue weighted by atomic mass is 16.1. The zero-order valence-corrected chi connectivity index (χ0v) is 15.6. The lowest BCUT2D eigenvalue weighted by Gasteiger charge is -2.36. The Bertz CT molecular complexity index is 697. The van der Waals surface area contributed by atoms with Crippen molar-refractivity contribution in [3.8, 4) is 0 Å². The molecule has 0 bridgehead atoms. The van der Waals surface area contributed by atoms with Gasteiger partial charge in [0.15, 0.2) is 17.6 Å². The number of Topliss-reactive ketones (excluding diaryl/α,β-unsaturated/α-hetero) is 1. The van der Waals surface area contributed by atoms with E-state index in [-0.39, 0.29) is 18.4 Å². The smallest absolute Gasteiger partial charge is 0.174 e. The number of hydrogen-bond donors (Lipinski definition) is 2. The molecule has 6 nitrogen and oxygen atoms in total. The van der Waals surface area contributed by atoms with E-state index in [0.29, 0.717) is 6.42 Å². The van der Waals surface area contributed by atoms with Crippen LogP contribution in [0.1, 0.15) is 31.7 Å². The molecule has 0 saturated carbocycles. The van der Waals surface area contributed by atoms with Crippen LogP contribution in [0.25, 0.3) is 0 Å². The van der Waals surface area contributed by atoms with Crippen molar-refractivity contribution in [3.63, 3.8) is 0 Å². The molecule has 1 saturated heterocycles. The molecule has 0 radical (unpaired) electrons. The number of likely N-dealkylation sites (N-methyl/N-ethyl adjacent to an activating group) is 1. The molecule has 26 heavy (non-hydrogen) atoms. The third-order valence-electron chi connectivity index (χ3n) is 5.44. The lowest BCUT2D eigenvalue weighted by Crippen LogP contribution is -2.57. The summed E-state index contributed by atoms with van der Waals surface area (Å²) in [5.74, 6) is -0.0496. The largest absolute Gasteiger partial charge is 0.354 e. The lowest BCUT2D eigenvalue weighted by molar-refractivity contribution is -0.128. The fourth-order valence-electron chi connectivity index (χ4n) is 3.75. The molecule has 0 aliphatic carbocycles. The number of para-hydroxylation sites is 1. The van der Waals surface area contributed by atoms with Gasteiger partial charge in [-0.25, -0.2) is 0 Å². The Balaban J connectivity index is 2.05. The maximum atomic E-state index is 13.0. The molecule has 2 aliphatic heterocycles. The Hall–Kier alpha value is -2.05. The molecule has 2 heterocycles. The van der Waals surface area contributed by atoms with E-state index >= 15 is 0 Å². The van der Waals surface area contributed by atoms with Gasteiger partial charge in [-0.2, -0.15) is 0 Å². The van der Waals surface area contributed by atoms with Crippen molar-refractivity contribution in [1.29, 1.82) is 0 Å². The van der Waals surface area contributed by atoms with Gasteiger partial charge in [-0.3, -0.25) is 9.79 Å². The number of piperazine rings is 1.